The van der Waals surface area contributed by atoms with Gasteiger partial charge in [0.1, 0.15) is 5.75 Å². The lowest BCUT2D eigenvalue weighted by Crippen LogP contribution is -2.47. The molecule has 4 rings (SSSR count). The minimum absolute atomic E-state index is 0.316. The van der Waals surface area contributed by atoms with E-state index in [1.165, 1.54) is 6.42 Å². The van der Waals surface area contributed by atoms with Crippen molar-refractivity contribution >= 4 is 5.82 Å². The van der Waals surface area contributed by atoms with Crippen LogP contribution in [-0.2, 0) is 12.6 Å². The number of aryl methyl sites for hydroxylation is 1. The summed E-state index contributed by atoms with van der Waals surface area (Å²) in [4.78, 5) is 4.61. The fourth-order valence-corrected chi connectivity index (χ4v) is 4.62. The van der Waals surface area contributed by atoms with Crippen LogP contribution < -0.4 is 4.90 Å². The van der Waals surface area contributed by atoms with Crippen LogP contribution in [0.3, 0.4) is 0 Å². The number of fused-ring (bicyclic) bond motifs is 1. The Kier molecular flexibility index (Phi) is 5.14. The normalized spacial score (nSPS) is 22.7. The summed E-state index contributed by atoms with van der Waals surface area (Å²) < 4.78 is 39.2. The average molecular weight is 406 g/mol. The van der Waals surface area contributed by atoms with Crippen LogP contribution in [0, 0.1) is 5.92 Å². The second kappa shape index (κ2) is 7.48. The lowest BCUT2D eigenvalue weighted by molar-refractivity contribution is -0.137. The van der Waals surface area contributed by atoms with Crippen LogP contribution >= 0.6 is 0 Å². The molecular weight excluding hydrogens is 381 g/mol. The van der Waals surface area contributed by atoms with Crippen LogP contribution in [0.25, 0.3) is 11.3 Å². The van der Waals surface area contributed by atoms with Crippen molar-refractivity contribution in [1.82, 2.24) is 15.1 Å². The molecule has 0 bridgehead atoms. The van der Waals surface area contributed by atoms with Gasteiger partial charge in [0.05, 0.1) is 11.3 Å². The Morgan fingerprint density at radius 3 is 2.55 bits per heavy atom. The van der Waals surface area contributed by atoms with Crippen molar-refractivity contribution in [2.24, 2.45) is 5.92 Å². The summed E-state index contributed by atoms with van der Waals surface area (Å²) in [6.07, 6.45) is -1.84. The van der Waals surface area contributed by atoms with Crippen molar-refractivity contribution in [2.75, 3.05) is 31.6 Å². The zero-order valence-electron chi connectivity index (χ0n) is 16.6. The molecule has 0 spiro atoms. The van der Waals surface area contributed by atoms with Crippen molar-refractivity contribution in [1.29, 1.82) is 0 Å². The maximum Gasteiger partial charge on any atom is 0.416 e. The number of likely N-dealkylation sites (tertiary alicyclic amines) is 1. The highest BCUT2D eigenvalue weighted by Gasteiger charge is 2.38. The predicted octanol–water partition coefficient (Wildman–Crippen LogP) is 3.96. The number of aromatic hydroxyl groups is 1. The molecule has 8 heteroatoms. The minimum atomic E-state index is -4.51. The Morgan fingerprint density at radius 2 is 1.90 bits per heavy atom. The second-order valence-corrected chi connectivity index (χ2v) is 8.02. The van der Waals surface area contributed by atoms with Gasteiger partial charge in [-0.25, -0.2) is 0 Å². The van der Waals surface area contributed by atoms with Gasteiger partial charge in [-0.15, -0.1) is 10.2 Å². The number of piperidine rings is 1. The minimum Gasteiger partial charge on any atom is -0.507 e. The fourth-order valence-electron chi connectivity index (χ4n) is 4.62. The molecule has 1 N–H and O–H groups in total. The first-order chi connectivity index (χ1) is 13.8. The van der Waals surface area contributed by atoms with E-state index in [9.17, 15) is 18.3 Å². The number of phenolic OH excluding ortho intramolecular Hbond substituents is 1. The molecule has 29 heavy (non-hydrogen) atoms. The third-order valence-corrected chi connectivity index (χ3v) is 6.17. The fraction of sp³-hybridized carbons (Fsp3) is 0.524. The molecule has 0 radical (unpaired) electrons. The molecule has 2 aliphatic heterocycles. The highest BCUT2D eigenvalue weighted by molar-refractivity contribution is 5.72. The first-order valence-corrected chi connectivity index (χ1v) is 10.00. The highest BCUT2D eigenvalue weighted by atomic mass is 19.4. The monoisotopic (exact) mass is 406 g/mol. The van der Waals surface area contributed by atoms with E-state index in [0.717, 1.165) is 44.0 Å². The molecule has 1 aromatic carbocycles. The topological polar surface area (TPSA) is 52.5 Å². The zero-order chi connectivity index (χ0) is 20.8. The molecule has 2 fully saturated rings. The smallest absolute Gasteiger partial charge is 0.416 e. The summed E-state index contributed by atoms with van der Waals surface area (Å²) in [6, 6.07) is 5.85. The molecule has 2 atom stereocenters. The van der Waals surface area contributed by atoms with Crippen LogP contribution in [0.4, 0.5) is 19.0 Å². The van der Waals surface area contributed by atoms with Gasteiger partial charge < -0.3 is 14.9 Å². The summed E-state index contributed by atoms with van der Waals surface area (Å²) in [5, 5.41) is 18.9. The molecule has 2 aliphatic rings. The predicted molar refractivity (Wildman–Crippen MR) is 105 cm³/mol. The molecule has 0 amide bonds. The summed E-state index contributed by atoms with van der Waals surface area (Å²) in [5.41, 5.74) is 0.240. The number of aromatic nitrogens is 2. The standard InChI is InChI=1S/C21H25F3N4O/c1-3-13-10-15(21(22,23)24)11-18(29)20(13)16-4-5-19(26-25-16)28-9-7-14-6-8-27(2)12-17(14)28/h4-5,10-11,14,17,29H,3,6-9,12H2,1-2H3/t14-,17-/m0/s1. The van der Waals surface area contributed by atoms with Gasteiger partial charge in [0, 0.05) is 24.7 Å². The van der Waals surface area contributed by atoms with Crippen molar-refractivity contribution < 1.29 is 18.3 Å². The first kappa shape index (κ1) is 19.9. The number of rotatable bonds is 3. The number of benzene rings is 1. The van der Waals surface area contributed by atoms with E-state index in [4.69, 9.17) is 0 Å². The van der Waals surface area contributed by atoms with Gasteiger partial charge in [-0.2, -0.15) is 13.2 Å². The van der Waals surface area contributed by atoms with E-state index < -0.39 is 17.5 Å². The summed E-state index contributed by atoms with van der Waals surface area (Å²) >= 11 is 0. The van der Waals surface area contributed by atoms with Gasteiger partial charge in [-0.05, 0) is 68.6 Å². The number of hydrogen-bond donors (Lipinski definition) is 1. The number of anilines is 1. The van der Waals surface area contributed by atoms with Gasteiger partial charge in [-0.1, -0.05) is 6.92 Å². The molecule has 0 unspecified atom stereocenters. The largest absolute Gasteiger partial charge is 0.507 e. The lowest BCUT2D eigenvalue weighted by atomic mass is 9.92. The summed E-state index contributed by atoms with van der Waals surface area (Å²) in [6.45, 7) is 4.80. The van der Waals surface area contributed by atoms with Crippen LogP contribution in [0.2, 0.25) is 0 Å². The third kappa shape index (κ3) is 3.77. The van der Waals surface area contributed by atoms with Gasteiger partial charge in [0.2, 0.25) is 0 Å². The van der Waals surface area contributed by atoms with Crippen molar-refractivity contribution in [3.8, 4) is 17.0 Å². The average Bonchev–Trinajstić information content (AvgIpc) is 3.09. The highest BCUT2D eigenvalue weighted by Crippen LogP contribution is 2.39. The quantitative estimate of drug-likeness (QED) is 0.836. The maximum atomic E-state index is 13.1. The van der Waals surface area contributed by atoms with Gasteiger partial charge >= 0.3 is 6.18 Å². The Balaban J connectivity index is 1.63. The maximum absolute atomic E-state index is 13.1. The molecule has 1 aromatic heterocycles. The summed E-state index contributed by atoms with van der Waals surface area (Å²) in [7, 11) is 2.13. The molecule has 3 heterocycles. The van der Waals surface area contributed by atoms with Gasteiger partial charge in [0.25, 0.3) is 0 Å². The number of nitrogens with zero attached hydrogens (tertiary/aromatic N) is 4. The Hall–Kier alpha value is -2.35. The number of hydrogen-bond acceptors (Lipinski definition) is 5. The zero-order valence-corrected chi connectivity index (χ0v) is 16.6. The number of halogens is 3. The van der Waals surface area contributed by atoms with E-state index >= 15 is 0 Å². The summed E-state index contributed by atoms with van der Waals surface area (Å²) in [5.74, 6) is 1.02. The van der Waals surface area contributed by atoms with Gasteiger partial charge in [0.15, 0.2) is 5.82 Å². The number of likely N-dealkylation sites (N-methyl/N-ethyl adjacent to an activating group) is 1. The van der Waals surface area contributed by atoms with Crippen LogP contribution in [-0.4, -0.2) is 52.9 Å². The van der Waals surface area contributed by atoms with Gasteiger partial charge in [-0.3, -0.25) is 0 Å². The molecule has 0 aliphatic carbocycles. The van der Waals surface area contributed by atoms with E-state index in [1.807, 2.05) is 6.07 Å². The molecule has 156 valence electrons. The molecular formula is C21H25F3N4O. The SMILES string of the molecule is CCc1cc(C(F)(F)F)cc(O)c1-c1ccc(N2CC[C@@H]3CCN(C)C[C@@H]32)nn1. The van der Waals surface area contributed by atoms with Crippen molar-refractivity contribution in [3.63, 3.8) is 0 Å². The van der Waals surface area contributed by atoms with E-state index in [2.05, 4.69) is 27.0 Å². The van der Waals surface area contributed by atoms with Crippen molar-refractivity contribution in [3.05, 3.63) is 35.4 Å². The second-order valence-electron chi connectivity index (χ2n) is 8.02. The van der Waals surface area contributed by atoms with Crippen LogP contribution in [0.15, 0.2) is 24.3 Å². The van der Waals surface area contributed by atoms with E-state index in [-0.39, 0.29) is 0 Å². The number of phenols is 1. The Bertz CT molecular complexity index is 885. The Morgan fingerprint density at radius 1 is 1.14 bits per heavy atom. The van der Waals surface area contributed by atoms with E-state index in [1.54, 1.807) is 13.0 Å². The molecule has 5 nitrogen and oxygen atoms in total. The molecule has 2 saturated heterocycles. The molecule has 0 saturated carbocycles. The van der Waals surface area contributed by atoms with Crippen LogP contribution in [0.5, 0.6) is 5.75 Å². The Labute approximate surface area is 168 Å². The lowest BCUT2D eigenvalue weighted by Gasteiger charge is -2.36. The molecule has 2 aromatic rings. The number of alkyl halides is 3. The van der Waals surface area contributed by atoms with E-state index in [0.29, 0.717) is 35.2 Å². The third-order valence-electron chi connectivity index (χ3n) is 6.17. The van der Waals surface area contributed by atoms with Crippen LogP contribution in [0.1, 0.15) is 30.9 Å². The first-order valence-electron chi connectivity index (χ1n) is 10.00. The van der Waals surface area contributed by atoms with Crippen molar-refractivity contribution in [2.45, 2.75) is 38.4 Å².